The van der Waals surface area contributed by atoms with E-state index in [0.717, 1.165) is 23.4 Å². The van der Waals surface area contributed by atoms with Gasteiger partial charge in [0, 0.05) is 43.6 Å². The van der Waals surface area contributed by atoms with Gasteiger partial charge in [0.05, 0.1) is 19.7 Å². The van der Waals surface area contributed by atoms with E-state index < -0.39 is 0 Å². The molecule has 0 unspecified atom stereocenters. The SMILES string of the molecule is CCNC(=O)[C@@H]1C[C@H](N)CN1Cc1ccc(OC)c(Cn2cccn2)c1. The lowest BCUT2D eigenvalue weighted by atomic mass is 10.1. The molecule has 1 aromatic carbocycles. The number of hydrogen-bond acceptors (Lipinski definition) is 5. The Hall–Kier alpha value is -2.38. The lowest BCUT2D eigenvalue weighted by Gasteiger charge is -2.24. The van der Waals surface area contributed by atoms with Gasteiger partial charge in [-0.1, -0.05) is 6.07 Å². The molecule has 0 spiro atoms. The van der Waals surface area contributed by atoms with E-state index in [-0.39, 0.29) is 18.0 Å². The summed E-state index contributed by atoms with van der Waals surface area (Å²) < 4.78 is 7.35. The maximum atomic E-state index is 12.3. The first-order valence-electron chi connectivity index (χ1n) is 9.01. The molecule has 2 heterocycles. The van der Waals surface area contributed by atoms with Crippen LogP contribution in [0.1, 0.15) is 24.5 Å². The monoisotopic (exact) mass is 357 g/mol. The van der Waals surface area contributed by atoms with Crippen molar-refractivity contribution in [3.8, 4) is 5.75 Å². The average molecular weight is 357 g/mol. The fourth-order valence-electron chi connectivity index (χ4n) is 3.54. The van der Waals surface area contributed by atoms with Crippen molar-refractivity contribution in [3.63, 3.8) is 0 Å². The molecule has 1 aliphatic rings. The number of nitrogens with one attached hydrogen (secondary N) is 1. The van der Waals surface area contributed by atoms with Crippen LogP contribution in [0.4, 0.5) is 0 Å². The second-order valence-corrected chi connectivity index (χ2v) is 6.69. The normalized spacial score (nSPS) is 20.3. The van der Waals surface area contributed by atoms with Crippen molar-refractivity contribution in [2.45, 2.75) is 38.5 Å². The minimum atomic E-state index is -0.165. The van der Waals surface area contributed by atoms with Crippen LogP contribution in [0, 0.1) is 0 Å². The summed E-state index contributed by atoms with van der Waals surface area (Å²) in [6.07, 6.45) is 4.39. The number of aromatic nitrogens is 2. The summed E-state index contributed by atoms with van der Waals surface area (Å²) in [7, 11) is 1.67. The first kappa shape index (κ1) is 18.4. The zero-order chi connectivity index (χ0) is 18.5. The highest BCUT2D eigenvalue weighted by Gasteiger charge is 2.34. The van der Waals surface area contributed by atoms with Gasteiger partial charge in [-0.2, -0.15) is 5.10 Å². The number of likely N-dealkylation sites (tertiary alicyclic amines) is 1. The molecular weight excluding hydrogens is 330 g/mol. The molecule has 0 saturated carbocycles. The zero-order valence-corrected chi connectivity index (χ0v) is 15.4. The second-order valence-electron chi connectivity index (χ2n) is 6.69. The minimum Gasteiger partial charge on any atom is -0.496 e. The number of amides is 1. The predicted octanol–water partition coefficient (Wildman–Crippen LogP) is 0.978. The summed E-state index contributed by atoms with van der Waals surface area (Å²) in [4.78, 5) is 14.5. The topological polar surface area (TPSA) is 85.4 Å². The van der Waals surface area contributed by atoms with Crippen LogP contribution in [0.15, 0.2) is 36.7 Å². The number of hydrogen-bond donors (Lipinski definition) is 2. The number of likely N-dealkylation sites (N-methyl/N-ethyl adjacent to an activating group) is 1. The highest BCUT2D eigenvalue weighted by atomic mass is 16.5. The van der Waals surface area contributed by atoms with Crippen LogP contribution in [-0.4, -0.2) is 52.9 Å². The van der Waals surface area contributed by atoms with Gasteiger partial charge in [-0.25, -0.2) is 0 Å². The molecule has 1 aliphatic heterocycles. The number of nitrogens with zero attached hydrogens (tertiary/aromatic N) is 3. The molecule has 7 nitrogen and oxygen atoms in total. The lowest BCUT2D eigenvalue weighted by molar-refractivity contribution is -0.125. The van der Waals surface area contributed by atoms with Gasteiger partial charge in [-0.15, -0.1) is 0 Å². The quantitative estimate of drug-likeness (QED) is 0.771. The van der Waals surface area contributed by atoms with Crippen molar-refractivity contribution in [3.05, 3.63) is 47.8 Å². The predicted molar refractivity (Wildman–Crippen MR) is 99.8 cm³/mol. The van der Waals surface area contributed by atoms with Crippen LogP contribution in [0.25, 0.3) is 0 Å². The van der Waals surface area contributed by atoms with Crippen molar-refractivity contribution in [1.29, 1.82) is 0 Å². The minimum absolute atomic E-state index is 0.0319. The van der Waals surface area contributed by atoms with E-state index in [2.05, 4.69) is 21.4 Å². The van der Waals surface area contributed by atoms with Crippen LogP contribution in [0.3, 0.4) is 0 Å². The highest BCUT2D eigenvalue weighted by Crippen LogP contribution is 2.24. The van der Waals surface area contributed by atoms with E-state index in [1.807, 2.05) is 36.0 Å². The molecule has 140 valence electrons. The van der Waals surface area contributed by atoms with Crippen molar-refractivity contribution < 1.29 is 9.53 Å². The Morgan fingerprint density at radius 3 is 2.96 bits per heavy atom. The number of methoxy groups -OCH3 is 1. The van der Waals surface area contributed by atoms with Crippen molar-refractivity contribution in [2.24, 2.45) is 5.73 Å². The summed E-state index contributed by atoms with van der Waals surface area (Å²) in [5.74, 6) is 0.897. The smallest absolute Gasteiger partial charge is 0.237 e. The third-order valence-electron chi connectivity index (χ3n) is 4.71. The Labute approximate surface area is 154 Å². The molecule has 3 rings (SSSR count). The molecule has 2 aromatic rings. The van der Waals surface area contributed by atoms with Crippen LogP contribution in [0.5, 0.6) is 5.75 Å². The van der Waals surface area contributed by atoms with Crippen LogP contribution in [-0.2, 0) is 17.9 Å². The summed E-state index contributed by atoms with van der Waals surface area (Å²) in [6.45, 7) is 4.62. The largest absolute Gasteiger partial charge is 0.496 e. The Balaban J connectivity index is 1.77. The lowest BCUT2D eigenvalue weighted by Crippen LogP contribution is -2.42. The summed E-state index contributed by atoms with van der Waals surface area (Å²) in [6, 6.07) is 7.92. The van der Waals surface area contributed by atoms with Gasteiger partial charge in [0.2, 0.25) is 5.91 Å². The number of ether oxygens (including phenoxy) is 1. The Bertz CT molecular complexity index is 732. The number of carbonyl (C=O) groups excluding carboxylic acids is 1. The third-order valence-corrected chi connectivity index (χ3v) is 4.71. The second kappa shape index (κ2) is 8.33. The van der Waals surface area contributed by atoms with E-state index >= 15 is 0 Å². The summed E-state index contributed by atoms with van der Waals surface area (Å²) in [5.41, 5.74) is 8.31. The summed E-state index contributed by atoms with van der Waals surface area (Å²) >= 11 is 0. The maximum absolute atomic E-state index is 12.3. The number of benzene rings is 1. The van der Waals surface area contributed by atoms with Crippen molar-refractivity contribution in [2.75, 3.05) is 20.2 Å². The number of nitrogens with two attached hydrogens (primary N) is 1. The molecule has 0 radical (unpaired) electrons. The van der Waals surface area contributed by atoms with Crippen molar-refractivity contribution in [1.82, 2.24) is 20.0 Å². The first-order valence-corrected chi connectivity index (χ1v) is 9.01. The first-order chi connectivity index (χ1) is 12.6. The molecule has 2 atom stereocenters. The molecule has 7 heteroatoms. The summed E-state index contributed by atoms with van der Waals surface area (Å²) in [5, 5.41) is 7.18. The Morgan fingerprint density at radius 2 is 2.27 bits per heavy atom. The number of rotatable bonds is 7. The molecule has 26 heavy (non-hydrogen) atoms. The van der Waals surface area contributed by atoms with Gasteiger partial charge in [0.15, 0.2) is 0 Å². The fourth-order valence-corrected chi connectivity index (χ4v) is 3.54. The van der Waals surface area contributed by atoms with E-state index in [9.17, 15) is 4.79 Å². The van der Waals surface area contributed by atoms with Gasteiger partial charge >= 0.3 is 0 Å². The van der Waals surface area contributed by atoms with Gasteiger partial charge in [0.1, 0.15) is 5.75 Å². The molecule has 1 aromatic heterocycles. The standard InChI is InChI=1S/C19H27N5O2/c1-3-21-19(25)17-10-16(20)13-23(17)11-14-5-6-18(26-2)15(9-14)12-24-8-4-7-22-24/h4-9,16-17H,3,10-13,20H2,1-2H3,(H,21,25)/t16-,17-/m0/s1. The molecule has 1 saturated heterocycles. The van der Waals surface area contributed by atoms with E-state index in [0.29, 0.717) is 26.1 Å². The molecule has 0 aliphatic carbocycles. The van der Waals surface area contributed by atoms with Crippen molar-refractivity contribution >= 4 is 5.91 Å². The van der Waals surface area contributed by atoms with Gasteiger partial charge in [0.25, 0.3) is 0 Å². The average Bonchev–Trinajstić information content (AvgIpc) is 3.25. The number of carbonyl (C=O) groups is 1. The van der Waals surface area contributed by atoms with Gasteiger partial charge in [-0.05, 0) is 37.1 Å². The third kappa shape index (κ3) is 4.23. The van der Waals surface area contributed by atoms with E-state index in [4.69, 9.17) is 10.5 Å². The highest BCUT2D eigenvalue weighted by molar-refractivity contribution is 5.82. The fraction of sp³-hybridized carbons (Fsp3) is 0.474. The van der Waals surface area contributed by atoms with E-state index in [1.165, 1.54) is 0 Å². The molecular formula is C19H27N5O2. The maximum Gasteiger partial charge on any atom is 0.237 e. The van der Waals surface area contributed by atoms with Crippen LogP contribution < -0.4 is 15.8 Å². The zero-order valence-electron chi connectivity index (χ0n) is 15.4. The van der Waals surface area contributed by atoms with Gasteiger partial charge < -0.3 is 15.8 Å². The molecule has 1 amide bonds. The molecule has 1 fully saturated rings. The Morgan fingerprint density at radius 1 is 1.42 bits per heavy atom. The van der Waals surface area contributed by atoms with Crippen LogP contribution in [0.2, 0.25) is 0 Å². The van der Waals surface area contributed by atoms with Gasteiger partial charge in [-0.3, -0.25) is 14.4 Å². The van der Waals surface area contributed by atoms with E-state index in [1.54, 1.807) is 13.3 Å². The Kier molecular flexibility index (Phi) is 5.90. The molecule has 3 N–H and O–H groups in total. The molecule has 0 bridgehead atoms. The van der Waals surface area contributed by atoms with Crippen LogP contribution >= 0.6 is 0 Å².